The second-order valence-electron chi connectivity index (χ2n) is 3.68. The molecule has 0 radical (unpaired) electrons. The number of ether oxygens (including phenoxy) is 1. The Morgan fingerprint density at radius 2 is 2.07 bits per heavy atom. The molecule has 1 heterocycles. The number of carboxylic acid groups (broad SMARTS) is 2. The molecule has 1 saturated heterocycles. The molecule has 0 spiro atoms. The van der Waals surface area contributed by atoms with Crippen molar-refractivity contribution >= 4 is 12.1 Å². The van der Waals surface area contributed by atoms with Crippen molar-refractivity contribution < 1.29 is 29.6 Å². The second kappa shape index (κ2) is 3.35. The minimum Gasteiger partial charge on any atom is -0.480 e. The van der Waals surface area contributed by atoms with Crippen molar-refractivity contribution in [3.05, 3.63) is 0 Å². The van der Waals surface area contributed by atoms with Crippen molar-refractivity contribution in [3.63, 3.8) is 0 Å². The van der Waals surface area contributed by atoms with E-state index in [1.54, 1.807) is 0 Å². The van der Waals surface area contributed by atoms with Gasteiger partial charge in [0.15, 0.2) is 6.04 Å². The topological polar surface area (TPSA) is 107 Å². The van der Waals surface area contributed by atoms with Crippen LogP contribution in [0.1, 0.15) is 0 Å². The van der Waals surface area contributed by atoms with E-state index < -0.39 is 24.1 Å². The average Bonchev–Trinajstić information content (AvgIpc) is 2.88. The summed E-state index contributed by atoms with van der Waals surface area (Å²) in [6.07, 6.45) is -1.63. The number of aliphatic carboxylic acids is 1. The van der Waals surface area contributed by atoms with Crippen LogP contribution in [0.3, 0.4) is 0 Å². The quantitative estimate of drug-likeness (QED) is 0.536. The van der Waals surface area contributed by atoms with Crippen LogP contribution < -0.4 is 0 Å². The zero-order valence-corrected chi connectivity index (χ0v) is 7.74. The SMILES string of the molecule is O=C(O)[C@@H]1CO[C@@H]2[C@@H](CO)[C@@H]2N1C(=O)O. The fraction of sp³-hybridized carbons (Fsp3) is 0.750. The van der Waals surface area contributed by atoms with Crippen LogP contribution in [0.2, 0.25) is 0 Å². The molecular formula is C8H11NO6. The predicted molar refractivity (Wildman–Crippen MR) is 45.4 cm³/mol. The van der Waals surface area contributed by atoms with Gasteiger partial charge in [0.25, 0.3) is 0 Å². The fourth-order valence-corrected chi connectivity index (χ4v) is 2.07. The first-order chi connectivity index (χ1) is 7.07. The molecule has 0 unspecified atom stereocenters. The third kappa shape index (κ3) is 1.44. The van der Waals surface area contributed by atoms with Crippen LogP contribution in [0.5, 0.6) is 0 Å². The number of carboxylic acids is 1. The molecule has 0 aromatic carbocycles. The number of fused-ring (bicyclic) bond motifs is 1. The van der Waals surface area contributed by atoms with E-state index in [1.807, 2.05) is 0 Å². The van der Waals surface area contributed by atoms with Gasteiger partial charge in [-0.2, -0.15) is 0 Å². The number of hydrogen-bond acceptors (Lipinski definition) is 4. The molecule has 2 rings (SSSR count). The van der Waals surface area contributed by atoms with E-state index >= 15 is 0 Å². The summed E-state index contributed by atoms with van der Waals surface area (Å²) >= 11 is 0. The maximum atomic E-state index is 10.9. The Bertz CT molecular complexity index is 302. The highest BCUT2D eigenvalue weighted by Gasteiger charge is 2.61. The minimum atomic E-state index is -1.28. The molecule has 0 aromatic rings. The molecule has 2 fully saturated rings. The molecule has 1 amide bonds. The molecule has 2 aliphatic rings. The molecule has 0 aromatic heterocycles. The third-order valence-corrected chi connectivity index (χ3v) is 2.88. The normalized spacial score (nSPS) is 38.3. The first kappa shape index (κ1) is 10.2. The Kier molecular flexibility index (Phi) is 2.28. The van der Waals surface area contributed by atoms with Crippen molar-refractivity contribution in [2.24, 2.45) is 5.92 Å². The monoisotopic (exact) mass is 217 g/mol. The van der Waals surface area contributed by atoms with E-state index in [1.165, 1.54) is 0 Å². The molecule has 1 aliphatic heterocycles. The summed E-state index contributed by atoms with van der Waals surface area (Å²) in [5, 5.41) is 26.6. The number of carbonyl (C=O) groups is 2. The molecule has 15 heavy (non-hydrogen) atoms. The van der Waals surface area contributed by atoms with Crippen molar-refractivity contribution in [2.45, 2.75) is 18.2 Å². The summed E-state index contributed by atoms with van der Waals surface area (Å²) in [7, 11) is 0. The first-order valence-corrected chi connectivity index (χ1v) is 4.54. The number of nitrogens with zero attached hydrogens (tertiary/aromatic N) is 1. The Morgan fingerprint density at radius 1 is 1.40 bits per heavy atom. The minimum absolute atomic E-state index is 0.153. The Labute approximate surface area is 84.9 Å². The lowest BCUT2D eigenvalue weighted by Crippen LogP contribution is -2.52. The predicted octanol–water partition coefficient (Wildman–Crippen LogP) is -1.19. The number of aliphatic hydroxyl groups is 1. The standard InChI is InChI=1S/C8H11NO6/c10-1-3-5-6(3)15-2-4(7(11)12)9(5)8(13)14/h3-6,10H,1-2H2,(H,11,12)(H,13,14)/t3-,4-,5-,6+/m0/s1. The number of rotatable bonds is 2. The number of amides is 1. The molecular weight excluding hydrogens is 206 g/mol. The second-order valence-corrected chi connectivity index (χ2v) is 3.68. The summed E-state index contributed by atoms with van der Waals surface area (Å²) in [6.45, 7) is -0.343. The van der Waals surface area contributed by atoms with Crippen LogP contribution in [-0.2, 0) is 9.53 Å². The largest absolute Gasteiger partial charge is 0.480 e. The summed E-state index contributed by atoms with van der Waals surface area (Å²) in [5.74, 6) is -1.51. The van der Waals surface area contributed by atoms with E-state index in [4.69, 9.17) is 20.1 Å². The molecule has 7 heteroatoms. The van der Waals surface area contributed by atoms with Crippen LogP contribution in [-0.4, -0.2) is 63.7 Å². The lowest BCUT2D eigenvalue weighted by atomic mass is 10.2. The van der Waals surface area contributed by atoms with Crippen molar-refractivity contribution in [3.8, 4) is 0 Å². The molecule has 1 saturated carbocycles. The van der Waals surface area contributed by atoms with E-state index in [2.05, 4.69) is 0 Å². The van der Waals surface area contributed by atoms with Gasteiger partial charge in [-0.3, -0.25) is 4.90 Å². The maximum Gasteiger partial charge on any atom is 0.408 e. The van der Waals surface area contributed by atoms with Crippen LogP contribution in [0.25, 0.3) is 0 Å². The van der Waals surface area contributed by atoms with E-state index in [0.29, 0.717) is 0 Å². The number of hydrogen-bond donors (Lipinski definition) is 3. The van der Waals surface area contributed by atoms with E-state index in [-0.39, 0.29) is 25.2 Å². The molecule has 84 valence electrons. The van der Waals surface area contributed by atoms with Gasteiger partial charge in [0.2, 0.25) is 0 Å². The smallest absolute Gasteiger partial charge is 0.408 e. The third-order valence-electron chi connectivity index (χ3n) is 2.88. The van der Waals surface area contributed by atoms with E-state index in [0.717, 1.165) is 4.90 Å². The average molecular weight is 217 g/mol. The van der Waals surface area contributed by atoms with Gasteiger partial charge in [0.1, 0.15) is 0 Å². The summed E-state index contributed by atoms with van der Waals surface area (Å²) in [6, 6.07) is -1.68. The molecule has 7 nitrogen and oxygen atoms in total. The van der Waals surface area contributed by atoms with E-state index in [9.17, 15) is 9.59 Å². The fourth-order valence-electron chi connectivity index (χ4n) is 2.07. The molecule has 3 N–H and O–H groups in total. The van der Waals surface area contributed by atoms with Crippen LogP contribution in [0, 0.1) is 5.92 Å². The van der Waals surface area contributed by atoms with Gasteiger partial charge in [0.05, 0.1) is 25.4 Å². The van der Waals surface area contributed by atoms with Crippen molar-refractivity contribution in [2.75, 3.05) is 13.2 Å². The Morgan fingerprint density at radius 3 is 2.53 bits per heavy atom. The van der Waals surface area contributed by atoms with Crippen LogP contribution in [0.4, 0.5) is 4.79 Å². The van der Waals surface area contributed by atoms with Gasteiger partial charge in [-0.1, -0.05) is 0 Å². The van der Waals surface area contributed by atoms with Gasteiger partial charge in [0, 0.05) is 5.92 Å². The van der Waals surface area contributed by atoms with Gasteiger partial charge in [-0.15, -0.1) is 0 Å². The first-order valence-electron chi connectivity index (χ1n) is 4.54. The highest BCUT2D eigenvalue weighted by molar-refractivity contribution is 5.80. The lowest BCUT2D eigenvalue weighted by molar-refractivity contribution is -0.148. The lowest BCUT2D eigenvalue weighted by Gasteiger charge is -2.29. The van der Waals surface area contributed by atoms with Crippen molar-refractivity contribution in [1.29, 1.82) is 0 Å². The molecule has 4 atom stereocenters. The number of morpholine rings is 1. The highest BCUT2D eigenvalue weighted by Crippen LogP contribution is 2.43. The van der Waals surface area contributed by atoms with Crippen molar-refractivity contribution in [1.82, 2.24) is 4.90 Å². The van der Waals surface area contributed by atoms with Gasteiger partial charge < -0.3 is 20.1 Å². The Hall–Kier alpha value is -1.34. The zero-order chi connectivity index (χ0) is 11.2. The van der Waals surface area contributed by atoms with Gasteiger partial charge >= 0.3 is 12.1 Å². The van der Waals surface area contributed by atoms with Gasteiger partial charge in [-0.05, 0) is 0 Å². The molecule has 0 bridgehead atoms. The Balaban J connectivity index is 2.17. The maximum absolute atomic E-state index is 10.9. The highest BCUT2D eigenvalue weighted by atomic mass is 16.5. The molecule has 1 aliphatic carbocycles. The van der Waals surface area contributed by atoms with Crippen LogP contribution in [0.15, 0.2) is 0 Å². The summed E-state index contributed by atoms with van der Waals surface area (Å²) < 4.78 is 5.16. The van der Waals surface area contributed by atoms with Gasteiger partial charge in [-0.25, -0.2) is 9.59 Å². The summed E-state index contributed by atoms with van der Waals surface area (Å²) in [5.41, 5.74) is 0. The number of aliphatic hydroxyl groups excluding tert-OH is 1. The zero-order valence-electron chi connectivity index (χ0n) is 7.74. The summed E-state index contributed by atoms with van der Waals surface area (Å²) in [4.78, 5) is 22.5. The van der Waals surface area contributed by atoms with Crippen LogP contribution >= 0.6 is 0 Å².